The Morgan fingerprint density at radius 1 is 1.13 bits per heavy atom. The minimum absolute atomic E-state index is 0. The van der Waals surface area contributed by atoms with Gasteiger partial charge in [-0.2, -0.15) is 0 Å². The van der Waals surface area contributed by atoms with Gasteiger partial charge in [-0.3, -0.25) is 0 Å². The average molecular weight is 375 g/mol. The summed E-state index contributed by atoms with van der Waals surface area (Å²) in [6.45, 7) is 12.6. The molecule has 0 aliphatic heterocycles. The molecule has 1 aromatic carbocycles. The average Bonchev–Trinajstić information content (AvgIpc) is 2.82. The van der Waals surface area contributed by atoms with Gasteiger partial charge in [0.25, 0.3) is 0 Å². The van der Waals surface area contributed by atoms with Crippen molar-refractivity contribution in [2.45, 2.75) is 13.8 Å². The molecular formula is C10H9NO3W-4. The van der Waals surface area contributed by atoms with Crippen molar-refractivity contribution in [2.75, 3.05) is 0 Å². The topological polar surface area (TPSA) is 75.1 Å². The monoisotopic (exact) mass is 375 g/mol. The Hall–Kier alpha value is -1.01. The third kappa shape index (κ3) is 43.7. The van der Waals surface area contributed by atoms with Crippen LogP contribution in [0.1, 0.15) is 13.8 Å². The molecule has 0 atom stereocenters. The summed E-state index contributed by atoms with van der Waals surface area (Å²) in [6, 6.07) is 12.0. The van der Waals surface area contributed by atoms with Crippen molar-refractivity contribution in [3.63, 3.8) is 0 Å². The van der Waals surface area contributed by atoms with Crippen LogP contribution in [0.25, 0.3) is 0 Å². The molecule has 0 amide bonds. The summed E-state index contributed by atoms with van der Waals surface area (Å²) in [5.74, 6) is 0. The van der Waals surface area contributed by atoms with E-state index in [4.69, 9.17) is 14.5 Å². The molecule has 0 aliphatic carbocycles. The maximum Gasteiger partial charge on any atom is 0 e. The molecule has 0 heterocycles. The van der Waals surface area contributed by atoms with Gasteiger partial charge in [0.05, 0.1) is 0 Å². The predicted molar refractivity (Wildman–Crippen MR) is 47.6 cm³/mol. The molecule has 5 heteroatoms. The van der Waals surface area contributed by atoms with E-state index in [2.05, 4.69) is 42.7 Å². The van der Waals surface area contributed by atoms with Crippen LogP contribution in [0, 0.1) is 37.6 Å². The van der Waals surface area contributed by atoms with Crippen molar-refractivity contribution in [3.05, 3.63) is 43.6 Å². The van der Waals surface area contributed by atoms with Crippen molar-refractivity contribution >= 4 is 5.71 Å². The van der Waals surface area contributed by atoms with Gasteiger partial charge in [0.15, 0.2) is 0 Å². The van der Waals surface area contributed by atoms with E-state index in [0.717, 1.165) is 5.71 Å². The number of hydrogen-bond donors (Lipinski definition) is 0. The summed E-state index contributed by atoms with van der Waals surface area (Å²) in [5, 5.41) is 9.30. The first-order valence-electron chi connectivity index (χ1n) is 3.18. The Bertz CT molecular complexity index is 212. The van der Waals surface area contributed by atoms with E-state index in [1.54, 1.807) is 19.9 Å². The van der Waals surface area contributed by atoms with Crippen LogP contribution in [0.5, 0.6) is 0 Å². The smallest absolute Gasteiger partial charge is 0 e. The number of hydrogen-bond acceptors (Lipinski definition) is 1. The quantitative estimate of drug-likeness (QED) is 0.276. The zero-order valence-electron chi connectivity index (χ0n) is 8.25. The Morgan fingerprint density at radius 2 is 1.40 bits per heavy atom. The van der Waals surface area contributed by atoms with Gasteiger partial charge in [-0.25, -0.2) is 0 Å². The molecule has 0 fully saturated rings. The standard InChI is InChI=1S/C5H.C3H7NO.2CO.W/c1-2-4-5-3-1;1-3(2)4-5;2*1-2;/h1H;5H,1-2H3;;;/q-5;;;;/p+1. The second kappa shape index (κ2) is 29.3. The molecule has 4 nitrogen and oxygen atoms in total. The van der Waals surface area contributed by atoms with Crippen molar-refractivity contribution in [3.8, 4) is 0 Å². The Kier molecular flexibility index (Phi) is 46.1. The molecule has 1 aromatic rings. The Morgan fingerprint density at radius 3 is 1.47 bits per heavy atom. The van der Waals surface area contributed by atoms with Gasteiger partial charge in [0.1, 0.15) is 5.71 Å². The van der Waals surface area contributed by atoms with Crippen LogP contribution in [0.4, 0.5) is 0 Å². The van der Waals surface area contributed by atoms with E-state index in [9.17, 15) is 0 Å². The maximum atomic E-state index is 7.50. The molecule has 82 valence electrons. The zero-order chi connectivity index (χ0) is 11.8. The molecule has 2 N–H and O–H groups in total. The summed E-state index contributed by atoms with van der Waals surface area (Å²) in [6.07, 6.45) is 0. The van der Waals surface area contributed by atoms with Crippen LogP contribution < -0.4 is 0 Å². The Balaban J connectivity index is -0.0000000580. The third-order valence-corrected chi connectivity index (χ3v) is 0.575. The van der Waals surface area contributed by atoms with Crippen molar-refractivity contribution in [2.24, 2.45) is 5.16 Å². The first-order valence-corrected chi connectivity index (χ1v) is 3.18. The zero-order valence-corrected chi connectivity index (χ0v) is 11.2. The van der Waals surface area contributed by atoms with E-state index >= 15 is 0 Å². The normalized spacial score (nSPS) is 5.20. The van der Waals surface area contributed by atoms with Crippen LogP contribution in [-0.4, -0.2) is 10.9 Å². The second-order valence-electron chi connectivity index (χ2n) is 1.74. The van der Waals surface area contributed by atoms with E-state index in [1.807, 2.05) is 0 Å². The molecule has 0 bridgehead atoms. The molecule has 0 unspecified atom stereocenters. The molecule has 0 saturated carbocycles. The van der Waals surface area contributed by atoms with Crippen LogP contribution in [0.15, 0.2) is 11.2 Å². The molecule has 0 spiro atoms. The number of rotatable bonds is 0. The Labute approximate surface area is 104 Å². The van der Waals surface area contributed by atoms with Crippen LogP contribution >= 0.6 is 0 Å². The summed E-state index contributed by atoms with van der Waals surface area (Å²) in [5.41, 5.74) is 0.796. The summed E-state index contributed by atoms with van der Waals surface area (Å²) in [4.78, 5) is 0. The van der Waals surface area contributed by atoms with Gasteiger partial charge in [0.2, 0.25) is 0 Å². The molecule has 0 aromatic heterocycles. The van der Waals surface area contributed by atoms with Crippen LogP contribution in [-0.2, 0) is 30.4 Å². The first-order chi connectivity index (χ1) is 6.77. The first kappa shape index (κ1) is 23.7. The summed E-state index contributed by atoms with van der Waals surface area (Å²) in [7, 11) is 0. The predicted octanol–water partition coefficient (Wildman–Crippen LogP) is 0.636. The fourth-order valence-electron chi connectivity index (χ4n) is 0.180. The van der Waals surface area contributed by atoms with Crippen LogP contribution in [0.3, 0.4) is 0 Å². The van der Waals surface area contributed by atoms with Gasteiger partial charge in [0, 0.05) is 26.2 Å². The largest absolute Gasteiger partial charge is 0.999 e. The summed E-state index contributed by atoms with van der Waals surface area (Å²) >= 11 is 0. The van der Waals surface area contributed by atoms with Gasteiger partial charge in [-0.15, -0.1) is 0 Å². The van der Waals surface area contributed by atoms with Crippen molar-refractivity contribution in [1.82, 2.24) is 0 Å². The van der Waals surface area contributed by atoms with Gasteiger partial charge < -0.3 is 35.5 Å². The maximum absolute atomic E-state index is 7.50. The molecule has 1 rings (SSSR count). The molecule has 0 radical (unpaired) electrons. The van der Waals surface area contributed by atoms with E-state index in [-0.39, 0.29) is 21.1 Å². The van der Waals surface area contributed by atoms with Crippen LogP contribution in [0.2, 0.25) is 0 Å². The van der Waals surface area contributed by atoms with Crippen molar-refractivity contribution in [1.29, 1.82) is 0 Å². The fourth-order valence-corrected chi connectivity index (χ4v) is 0.180. The van der Waals surface area contributed by atoms with E-state index in [0.29, 0.717) is 0 Å². The third-order valence-electron chi connectivity index (χ3n) is 0.575. The molecule has 15 heavy (non-hydrogen) atoms. The van der Waals surface area contributed by atoms with E-state index < -0.39 is 0 Å². The molecule has 0 saturated heterocycles. The van der Waals surface area contributed by atoms with Gasteiger partial charge in [-0.1, -0.05) is 0 Å². The van der Waals surface area contributed by atoms with Gasteiger partial charge >= 0.3 is 22.6 Å². The minimum Gasteiger partial charge on any atom is -0.999 e. The van der Waals surface area contributed by atoms with Crippen molar-refractivity contribution < 1.29 is 35.6 Å². The minimum atomic E-state index is 0. The summed E-state index contributed by atoms with van der Waals surface area (Å²) < 4.78 is 15.0. The number of nitrogens with zero attached hydrogens (tertiary/aromatic N) is 1. The van der Waals surface area contributed by atoms with Gasteiger partial charge in [-0.05, 0) is 13.8 Å². The molecule has 0 aliphatic rings. The second-order valence-corrected chi connectivity index (χ2v) is 1.74. The fraction of sp³-hybridized carbons (Fsp3) is 0.200. The SMILES string of the molecule is CC(C)=N[OH2+].[C-]#[O+].[C-]#[O+].[W].[c-]1[c-][c-][cH-][c-]1. The van der Waals surface area contributed by atoms with E-state index in [1.165, 1.54) is 0 Å². The molecular weight excluding hydrogens is 366 g/mol.